The molecule has 0 spiro atoms. The van der Waals surface area contributed by atoms with Crippen molar-refractivity contribution < 1.29 is 37.5 Å². The number of carbonyl (C=O) groups is 4. The number of aromatic nitrogens is 2. The number of nitrogens with zero attached hydrogens (tertiary/aromatic N) is 3. The topological polar surface area (TPSA) is 188 Å². The summed E-state index contributed by atoms with van der Waals surface area (Å²) in [6.07, 6.45) is 12.7. The Morgan fingerprint density at radius 2 is 1.88 bits per heavy atom. The van der Waals surface area contributed by atoms with E-state index in [1.54, 1.807) is 25.3 Å². The molecule has 312 valence electrons. The Morgan fingerprint density at radius 3 is 2.64 bits per heavy atom. The van der Waals surface area contributed by atoms with Crippen molar-refractivity contribution in [2.45, 2.75) is 109 Å². The second-order valence-corrected chi connectivity index (χ2v) is 21.3. The van der Waals surface area contributed by atoms with Gasteiger partial charge < -0.3 is 34.3 Å². The predicted octanol–water partition coefficient (Wildman–Crippen LogP) is 6.85. The summed E-state index contributed by atoms with van der Waals surface area (Å²) in [5, 5.41) is 7.28. The number of pyridine rings is 1. The molecular formula is C43H58N6O8Si. The van der Waals surface area contributed by atoms with E-state index in [9.17, 15) is 19.2 Å². The quantitative estimate of drug-likeness (QED) is 0.174. The average Bonchev–Trinajstić information content (AvgIpc) is 3.86. The number of oxazole rings is 1. The third-order valence-electron chi connectivity index (χ3n) is 10.9. The molecule has 2 aliphatic rings. The van der Waals surface area contributed by atoms with E-state index in [0.29, 0.717) is 50.4 Å². The molecule has 0 saturated carbocycles. The fourth-order valence-corrected chi connectivity index (χ4v) is 7.93. The molecular weight excluding hydrogens is 757 g/mol. The molecule has 1 saturated heterocycles. The number of amides is 3. The number of nitrogens with two attached hydrogens (primary N) is 1. The van der Waals surface area contributed by atoms with E-state index in [-0.39, 0.29) is 35.9 Å². The number of cyclic esters (lactones) is 1. The second kappa shape index (κ2) is 19.6. The van der Waals surface area contributed by atoms with Crippen molar-refractivity contribution in [3.63, 3.8) is 0 Å². The van der Waals surface area contributed by atoms with Gasteiger partial charge in [0.05, 0.1) is 12.1 Å². The highest BCUT2D eigenvalue weighted by atomic mass is 28.4. The third-order valence-corrected chi connectivity index (χ3v) is 15.4. The van der Waals surface area contributed by atoms with Crippen molar-refractivity contribution in [1.29, 1.82) is 0 Å². The van der Waals surface area contributed by atoms with Crippen LogP contribution < -0.4 is 16.4 Å². The molecule has 2 aliphatic heterocycles. The van der Waals surface area contributed by atoms with Crippen molar-refractivity contribution in [3.05, 3.63) is 90.3 Å². The van der Waals surface area contributed by atoms with Gasteiger partial charge in [-0.3, -0.25) is 14.9 Å². The Balaban J connectivity index is 1.34. The van der Waals surface area contributed by atoms with Gasteiger partial charge in [0.15, 0.2) is 19.9 Å². The molecule has 0 aliphatic carbocycles. The van der Waals surface area contributed by atoms with Crippen molar-refractivity contribution in [3.8, 4) is 0 Å². The van der Waals surface area contributed by atoms with Crippen LogP contribution >= 0.6 is 0 Å². The summed E-state index contributed by atoms with van der Waals surface area (Å²) >= 11 is 0. The van der Waals surface area contributed by atoms with Crippen LogP contribution in [0.25, 0.3) is 10.8 Å². The van der Waals surface area contributed by atoms with Gasteiger partial charge >= 0.3 is 12.1 Å². The third kappa shape index (κ3) is 12.0. The highest BCUT2D eigenvalue weighted by Gasteiger charge is 2.40. The summed E-state index contributed by atoms with van der Waals surface area (Å²) in [6.45, 7) is 15.1. The van der Waals surface area contributed by atoms with Crippen molar-refractivity contribution >= 4 is 48.8 Å². The first-order valence-electron chi connectivity index (χ1n) is 20.0. The van der Waals surface area contributed by atoms with Crippen LogP contribution in [0.2, 0.25) is 18.1 Å². The maximum absolute atomic E-state index is 13.8. The molecule has 1 aromatic carbocycles. The zero-order valence-electron chi connectivity index (χ0n) is 34.7. The lowest BCUT2D eigenvalue weighted by atomic mass is 9.97. The van der Waals surface area contributed by atoms with Crippen LogP contribution in [0.4, 0.5) is 10.6 Å². The fraction of sp³-hybridized carbons (Fsp3) is 0.488. The molecule has 0 radical (unpaired) electrons. The molecule has 4 N–H and O–H groups in total. The van der Waals surface area contributed by atoms with Crippen LogP contribution in [-0.4, -0.2) is 91.1 Å². The summed E-state index contributed by atoms with van der Waals surface area (Å²) in [5.41, 5.74) is 7.66. The van der Waals surface area contributed by atoms with Gasteiger partial charge in [0.25, 0.3) is 5.91 Å². The van der Waals surface area contributed by atoms with Crippen LogP contribution in [-0.2, 0) is 29.9 Å². The maximum Gasteiger partial charge on any atom is 0.412 e. The molecule has 1 unspecified atom stereocenters. The van der Waals surface area contributed by atoms with Gasteiger partial charge in [0.1, 0.15) is 30.8 Å². The maximum atomic E-state index is 13.8. The SMILES string of the molecule is CC1=CC(O[Si](C)(C)C(C)(C)C)CCCc2nc(co2)C(=O)N2CCC[C@@H]2C(=O)O[C@H]([C@H](N)COC(=O)Nc2cc3ccccc3cn2)[C@H](C)/C=C/C(=O)NCC=C1. The van der Waals surface area contributed by atoms with Crippen LogP contribution in [0, 0.1) is 5.92 Å². The molecule has 14 nitrogen and oxygen atoms in total. The van der Waals surface area contributed by atoms with Crippen LogP contribution in [0.5, 0.6) is 0 Å². The standard InChI is InChI=1S/C43H58N6O8Si/c1-28-13-11-21-45-37(50)20-19-29(2)39(33(44)26-55-42(53)48-36-24-30-14-8-9-15-31(30)25-46-36)56-41(52)35-17-12-22-49(35)40(51)34-27-54-38(47-34)18-10-16-32(23-28)57-58(6,7)43(3,4)5/h8-9,11,13-15,19-20,23-25,27,29,32-33,35,39H,10,12,16-18,21-22,26,44H2,1-7H3,(H,45,50)(H,46,48,53)/b13-11?,20-19+,28-23?/t29-,32?,33-,35-,39+/m1/s1. The number of rotatable bonds is 6. The Kier molecular flexibility index (Phi) is 14.8. The monoisotopic (exact) mass is 814 g/mol. The van der Waals surface area contributed by atoms with Crippen molar-refractivity contribution in [2.75, 3.05) is 25.0 Å². The average molecular weight is 815 g/mol. The molecule has 3 aromatic rings. The lowest BCUT2D eigenvalue weighted by Crippen LogP contribution is -2.49. The minimum absolute atomic E-state index is 0.0173. The van der Waals surface area contributed by atoms with E-state index < -0.39 is 50.4 Å². The summed E-state index contributed by atoms with van der Waals surface area (Å²) in [4.78, 5) is 63.5. The Labute approximate surface area is 341 Å². The van der Waals surface area contributed by atoms with E-state index in [1.165, 1.54) is 17.2 Å². The van der Waals surface area contributed by atoms with E-state index >= 15 is 0 Å². The number of nitrogens with one attached hydrogen (secondary N) is 2. The van der Waals surface area contributed by atoms with Crippen LogP contribution in [0.1, 0.15) is 76.7 Å². The Hall–Kier alpha value is -5.12. The molecule has 5 atom stereocenters. The molecule has 58 heavy (non-hydrogen) atoms. The number of fused-ring (bicyclic) bond motifs is 4. The minimum Gasteiger partial charge on any atom is -0.458 e. The van der Waals surface area contributed by atoms with E-state index in [0.717, 1.165) is 16.3 Å². The zero-order valence-corrected chi connectivity index (χ0v) is 35.7. The molecule has 2 bridgehead atoms. The largest absolute Gasteiger partial charge is 0.458 e. The first-order chi connectivity index (χ1) is 27.5. The van der Waals surface area contributed by atoms with Crippen molar-refractivity contribution in [1.82, 2.24) is 20.2 Å². The van der Waals surface area contributed by atoms with E-state index in [2.05, 4.69) is 60.5 Å². The van der Waals surface area contributed by atoms with Gasteiger partial charge in [-0.15, -0.1) is 0 Å². The second-order valence-electron chi connectivity index (χ2n) is 16.6. The number of benzene rings is 1. The van der Waals surface area contributed by atoms with Gasteiger partial charge in [0.2, 0.25) is 5.91 Å². The van der Waals surface area contributed by atoms with Gasteiger partial charge in [-0.1, -0.05) is 81.8 Å². The molecule has 4 heterocycles. The van der Waals surface area contributed by atoms with Crippen LogP contribution in [0.3, 0.4) is 0 Å². The summed E-state index contributed by atoms with van der Waals surface area (Å²) in [5.74, 6) is -1.33. The van der Waals surface area contributed by atoms with Crippen LogP contribution in [0.15, 0.2) is 83.2 Å². The zero-order chi connectivity index (χ0) is 42.0. The summed E-state index contributed by atoms with van der Waals surface area (Å²) in [7, 11) is -2.11. The van der Waals surface area contributed by atoms with E-state index in [1.807, 2.05) is 43.3 Å². The number of allylic oxidation sites excluding steroid dienone is 2. The fourth-order valence-electron chi connectivity index (χ4n) is 6.63. The molecule has 3 amide bonds. The van der Waals surface area contributed by atoms with Crippen molar-refractivity contribution in [2.24, 2.45) is 11.7 Å². The molecule has 15 heteroatoms. The number of ether oxygens (including phenoxy) is 2. The van der Waals surface area contributed by atoms with E-state index in [4.69, 9.17) is 24.1 Å². The number of hydrogen-bond acceptors (Lipinski definition) is 11. The normalized spacial score (nSPS) is 23.0. The summed E-state index contributed by atoms with van der Waals surface area (Å²) in [6, 6.07) is 7.41. The Morgan fingerprint density at radius 1 is 1.12 bits per heavy atom. The highest BCUT2D eigenvalue weighted by molar-refractivity contribution is 6.74. The number of esters is 1. The molecule has 1 fully saturated rings. The number of anilines is 1. The minimum atomic E-state index is -2.11. The number of carbonyl (C=O) groups excluding carboxylic acids is 4. The van der Waals surface area contributed by atoms with Gasteiger partial charge in [0, 0.05) is 37.0 Å². The Bertz CT molecular complexity index is 2020. The summed E-state index contributed by atoms with van der Waals surface area (Å²) < 4.78 is 24.0. The lowest BCUT2D eigenvalue weighted by Gasteiger charge is -2.38. The predicted molar refractivity (Wildman–Crippen MR) is 224 cm³/mol. The van der Waals surface area contributed by atoms with Gasteiger partial charge in [-0.25, -0.2) is 19.6 Å². The van der Waals surface area contributed by atoms with Gasteiger partial charge in [-0.2, -0.15) is 0 Å². The first-order valence-corrected chi connectivity index (χ1v) is 22.9. The highest BCUT2D eigenvalue weighted by Crippen LogP contribution is 2.38. The number of hydrogen-bond donors (Lipinski definition) is 3. The smallest absolute Gasteiger partial charge is 0.412 e. The molecule has 5 rings (SSSR count). The molecule has 2 aromatic heterocycles. The first kappa shape index (κ1) is 44.0. The lowest BCUT2D eigenvalue weighted by molar-refractivity contribution is -0.157. The van der Waals surface area contributed by atoms with Gasteiger partial charge in [-0.05, 0) is 68.3 Å². The number of aryl methyl sites for hydroxylation is 1.